The zero-order chi connectivity index (χ0) is 4.24. The van der Waals surface area contributed by atoms with Crippen molar-refractivity contribution in [2.75, 3.05) is 13.1 Å². The van der Waals surface area contributed by atoms with Gasteiger partial charge in [-0.05, 0) is 25.9 Å². The van der Waals surface area contributed by atoms with Crippen LogP contribution < -0.4 is 5.32 Å². The van der Waals surface area contributed by atoms with E-state index in [1.807, 2.05) is 0 Å². The van der Waals surface area contributed by atoms with Crippen molar-refractivity contribution in [3.63, 3.8) is 0 Å². The van der Waals surface area contributed by atoms with Crippen LogP contribution in [0.25, 0.3) is 0 Å². The highest BCUT2D eigenvalue weighted by atomic mass is 27.0. The van der Waals surface area contributed by atoms with Crippen LogP contribution in [0.5, 0.6) is 0 Å². The zero-order valence-electron chi connectivity index (χ0n) is 4.04. The second kappa shape index (κ2) is 4.65. The molecule has 0 amide bonds. The van der Waals surface area contributed by atoms with Crippen molar-refractivity contribution in [1.82, 2.24) is 5.32 Å². The molecule has 7 heavy (non-hydrogen) atoms. The van der Waals surface area contributed by atoms with Crippen molar-refractivity contribution in [3.8, 4) is 0 Å². The van der Waals surface area contributed by atoms with Gasteiger partial charge in [-0.1, -0.05) is 6.42 Å². The Kier molecular flexibility index (Phi) is 4.97. The van der Waals surface area contributed by atoms with E-state index in [0.717, 1.165) is 0 Å². The number of nitrogens with one attached hydrogen (secondary N) is 1. The highest BCUT2D eigenvalue weighted by molar-refractivity contribution is 5.75. The van der Waals surface area contributed by atoms with Crippen LogP contribution in [0, 0.1) is 0 Å². The van der Waals surface area contributed by atoms with E-state index in [4.69, 9.17) is 0 Å². The Morgan fingerprint density at radius 1 is 0.857 bits per heavy atom. The second-order valence-corrected chi connectivity index (χ2v) is 1.81. The average Bonchev–Trinajstić information content (AvgIpc) is 1.72. The molecular weight excluding hydrogens is 101 g/mol. The van der Waals surface area contributed by atoms with Crippen molar-refractivity contribution >= 4 is 17.4 Å². The molecule has 1 aliphatic heterocycles. The Morgan fingerprint density at radius 2 is 1.43 bits per heavy atom. The minimum atomic E-state index is 0. The quantitative estimate of drug-likeness (QED) is 0.423. The second-order valence-electron chi connectivity index (χ2n) is 1.81. The van der Waals surface area contributed by atoms with Crippen LogP contribution in [0.3, 0.4) is 0 Å². The van der Waals surface area contributed by atoms with Crippen molar-refractivity contribution in [3.05, 3.63) is 0 Å². The highest BCUT2D eigenvalue weighted by Crippen LogP contribution is 1.96. The maximum Gasteiger partial charge on any atom is 0.187 e. The molecule has 42 valence electrons. The molecule has 1 rings (SSSR count). The minimum absolute atomic E-state index is 0. The third-order valence-corrected chi connectivity index (χ3v) is 1.21. The van der Waals surface area contributed by atoms with E-state index < -0.39 is 0 Å². The lowest BCUT2D eigenvalue weighted by Crippen LogP contribution is -2.21. The molecule has 1 saturated heterocycles. The topological polar surface area (TPSA) is 12.0 Å². The van der Waals surface area contributed by atoms with Gasteiger partial charge in [0.2, 0.25) is 0 Å². The maximum absolute atomic E-state index is 3.28. The van der Waals surface area contributed by atoms with E-state index in [2.05, 4.69) is 5.32 Å². The smallest absolute Gasteiger partial charge is 0.187 e. The van der Waals surface area contributed by atoms with E-state index in [-0.39, 0.29) is 17.4 Å². The van der Waals surface area contributed by atoms with Crippen molar-refractivity contribution in [2.24, 2.45) is 0 Å². The van der Waals surface area contributed by atoms with Gasteiger partial charge in [-0.3, -0.25) is 0 Å². The molecule has 1 aliphatic rings. The lowest BCUT2D eigenvalue weighted by atomic mass is 10.2. The van der Waals surface area contributed by atoms with Gasteiger partial charge < -0.3 is 5.32 Å². The molecule has 0 aromatic carbocycles. The molecule has 0 spiro atoms. The normalized spacial score (nSPS) is 20.6. The zero-order valence-corrected chi connectivity index (χ0v) is 4.04. The van der Waals surface area contributed by atoms with Crippen molar-refractivity contribution in [2.45, 2.75) is 19.3 Å². The number of piperidine rings is 1. The summed E-state index contributed by atoms with van der Waals surface area (Å²) < 4.78 is 0. The van der Waals surface area contributed by atoms with Crippen LogP contribution in [0.2, 0.25) is 0 Å². The summed E-state index contributed by atoms with van der Waals surface area (Å²) in [4.78, 5) is 0. The maximum atomic E-state index is 3.28. The first-order valence-electron chi connectivity index (χ1n) is 2.71. The predicted octanol–water partition coefficient (Wildman–Crippen LogP) is -0.424. The van der Waals surface area contributed by atoms with Gasteiger partial charge >= 0.3 is 0 Å². The average molecular weight is 115 g/mol. The van der Waals surface area contributed by atoms with Gasteiger partial charge in [-0.2, -0.15) is 0 Å². The van der Waals surface area contributed by atoms with Crippen LogP contribution in [0.1, 0.15) is 19.3 Å². The Morgan fingerprint density at radius 3 is 1.57 bits per heavy atom. The van der Waals surface area contributed by atoms with Gasteiger partial charge in [0.05, 0.1) is 0 Å². The van der Waals surface area contributed by atoms with E-state index in [9.17, 15) is 0 Å². The molecule has 0 aromatic rings. The Balaban J connectivity index is 0.000000360. The lowest BCUT2D eigenvalue weighted by molar-refractivity contribution is 0.520. The summed E-state index contributed by atoms with van der Waals surface area (Å²) in [6.45, 7) is 2.50. The van der Waals surface area contributed by atoms with E-state index >= 15 is 0 Å². The molecule has 1 nitrogen and oxygen atoms in total. The van der Waals surface area contributed by atoms with Gasteiger partial charge in [-0.25, -0.2) is 0 Å². The van der Waals surface area contributed by atoms with Gasteiger partial charge in [0.1, 0.15) is 0 Å². The van der Waals surface area contributed by atoms with Crippen molar-refractivity contribution in [1.29, 1.82) is 0 Å². The summed E-state index contributed by atoms with van der Waals surface area (Å²) in [5.41, 5.74) is 0. The van der Waals surface area contributed by atoms with Crippen LogP contribution in [-0.2, 0) is 0 Å². The van der Waals surface area contributed by atoms with Gasteiger partial charge in [0.15, 0.2) is 17.4 Å². The van der Waals surface area contributed by atoms with Crippen molar-refractivity contribution < 1.29 is 0 Å². The fourth-order valence-corrected chi connectivity index (χ4v) is 0.802. The van der Waals surface area contributed by atoms with Gasteiger partial charge in [-0.15, -0.1) is 0 Å². The number of rotatable bonds is 0. The van der Waals surface area contributed by atoms with E-state index in [1.54, 1.807) is 0 Å². The molecule has 0 atom stereocenters. The molecular formula is C5H14AlN. The third-order valence-electron chi connectivity index (χ3n) is 1.21. The molecule has 1 heterocycles. The Labute approximate surface area is 55.6 Å². The summed E-state index contributed by atoms with van der Waals surface area (Å²) >= 11 is 0. The summed E-state index contributed by atoms with van der Waals surface area (Å²) in [5.74, 6) is 0. The Hall–Kier alpha value is 0.492. The first-order valence-corrected chi connectivity index (χ1v) is 2.71. The Bertz CT molecular complexity index is 23.6. The summed E-state index contributed by atoms with van der Waals surface area (Å²) in [5, 5.41) is 3.28. The summed E-state index contributed by atoms with van der Waals surface area (Å²) in [6, 6.07) is 0. The van der Waals surface area contributed by atoms with E-state index in [0.29, 0.717) is 0 Å². The van der Waals surface area contributed by atoms with Crippen LogP contribution in [0.15, 0.2) is 0 Å². The standard InChI is InChI=1S/C5H11N.Al.3H/c1-2-4-6-5-3-1;;;;/h6H,1-5H2;;;;. The highest BCUT2D eigenvalue weighted by Gasteiger charge is 1.93. The molecule has 0 saturated carbocycles. The molecule has 0 aromatic heterocycles. The minimum Gasteiger partial charge on any atom is -0.317 e. The SMILES string of the molecule is C1CCNCC1.[AlH3]. The largest absolute Gasteiger partial charge is 0.317 e. The molecule has 0 aliphatic carbocycles. The fourth-order valence-electron chi connectivity index (χ4n) is 0.802. The molecule has 0 bridgehead atoms. The predicted molar refractivity (Wildman–Crippen MR) is 36.7 cm³/mol. The van der Waals surface area contributed by atoms with Gasteiger partial charge in [0, 0.05) is 0 Å². The molecule has 0 unspecified atom stereocenters. The van der Waals surface area contributed by atoms with E-state index in [1.165, 1.54) is 32.4 Å². The number of hydrogen-bond acceptors (Lipinski definition) is 1. The monoisotopic (exact) mass is 115 g/mol. The van der Waals surface area contributed by atoms with Crippen LogP contribution in [-0.4, -0.2) is 30.5 Å². The number of hydrogen-bond donors (Lipinski definition) is 1. The molecule has 2 heteroatoms. The molecule has 0 radical (unpaired) electrons. The molecule has 1 N–H and O–H groups in total. The molecule has 1 fully saturated rings. The van der Waals surface area contributed by atoms with Crippen LogP contribution in [0.4, 0.5) is 0 Å². The first kappa shape index (κ1) is 7.49. The fraction of sp³-hybridized carbons (Fsp3) is 1.00. The summed E-state index contributed by atoms with van der Waals surface area (Å²) in [6.07, 6.45) is 4.22. The first-order chi connectivity index (χ1) is 3.00. The third kappa shape index (κ3) is 3.11. The van der Waals surface area contributed by atoms with Crippen LogP contribution >= 0.6 is 0 Å². The summed E-state index contributed by atoms with van der Waals surface area (Å²) in [7, 11) is 0. The lowest BCUT2D eigenvalue weighted by Gasteiger charge is -2.08. The van der Waals surface area contributed by atoms with Gasteiger partial charge in [0.25, 0.3) is 0 Å².